The minimum atomic E-state index is 0.714. The molecule has 0 saturated heterocycles. The van der Waals surface area contributed by atoms with Gasteiger partial charge < -0.3 is 15.0 Å². The number of hydrogen-bond acceptors (Lipinski definition) is 5. The Morgan fingerprint density at radius 3 is 2.86 bits per heavy atom. The van der Waals surface area contributed by atoms with Gasteiger partial charge in [0.25, 0.3) is 0 Å². The highest BCUT2D eigenvalue weighted by atomic mass is 32.1. The van der Waals surface area contributed by atoms with E-state index in [1.165, 1.54) is 35.0 Å². The minimum Gasteiger partial charge on any atom is -0.383 e. The van der Waals surface area contributed by atoms with Crippen LogP contribution < -0.4 is 10.2 Å². The second kappa shape index (κ2) is 8.11. The lowest BCUT2D eigenvalue weighted by atomic mass is 10.1. The molecule has 1 atom stereocenters. The minimum absolute atomic E-state index is 0.714. The number of hydrogen-bond donors (Lipinski definition) is 1. The molecule has 4 nitrogen and oxygen atoms in total. The molecule has 1 unspecified atom stereocenters. The second-order valence-electron chi connectivity index (χ2n) is 6.14. The van der Waals surface area contributed by atoms with E-state index < -0.39 is 0 Å². The fraction of sp³-hybridized carbons (Fsp3) is 0.812. The maximum atomic E-state index is 5.09. The molecule has 0 radical (unpaired) electrons. The van der Waals surface area contributed by atoms with Crippen LogP contribution in [0.5, 0.6) is 0 Å². The van der Waals surface area contributed by atoms with Gasteiger partial charge in [0.1, 0.15) is 0 Å². The fourth-order valence-corrected chi connectivity index (χ4v) is 3.45. The van der Waals surface area contributed by atoms with E-state index in [1.54, 1.807) is 7.11 Å². The molecule has 1 aromatic heterocycles. The van der Waals surface area contributed by atoms with Crippen molar-refractivity contribution in [3.63, 3.8) is 0 Å². The maximum absolute atomic E-state index is 5.09. The molecule has 1 aliphatic carbocycles. The lowest BCUT2D eigenvalue weighted by Gasteiger charge is -2.19. The lowest BCUT2D eigenvalue weighted by molar-refractivity contribution is 0.199. The van der Waals surface area contributed by atoms with Crippen LogP contribution in [0.4, 0.5) is 5.13 Å². The molecule has 1 aromatic rings. The number of rotatable bonds is 10. The predicted molar refractivity (Wildman–Crippen MR) is 90.4 cm³/mol. The van der Waals surface area contributed by atoms with E-state index in [9.17, 15) is 0 Å². The van der Waals surface area contributed by atoms with Crippen molar-refractivity contribution < 1.29 is 4.74 Å². The van der Waals surface area contributed by atoms with Crippen molar-refractivity contribution in [2.24, 2.45) is 5.92 Å². The molecule has 21 heavy (non-hydrogen) atoms. The Morgan fingerprint density at radius 2 is 2.24 bits per heavy atom. The van der Waals surface area contributed by atoms with Crippen LogP contribution in [0.3, 0.4) is 0 Å². The Hall–Kier alpha value is -0.650. The molecule has 0 spiro atoms. The SMILES string of the molecule is CCC(C)CN(C)c1nc(C2CC2)c(CNCCOC)s1. The monoisotopic (exact) mass is 311 g/mol. The van der Waals surface area contributed by atoms with Gasteiger partial charge in [0.15, 0.2) is 5.13 Å². The van der Waals surface area contributed by atoms with E-state index in [1.807, 2.05) is 11.3 Å². The van der Waals surface area contributed by atoms with Crippen molar-refractivity contribution in [3.05, 3.63) is 10.6 Å². The van der Waals surface area contributed by atoms with Crippen molar-refractivity contribution in [2.75, 3.05) is 38.8 Å². The number of aromatic nitrogens is 1. The molecule has 5 heteroatoms. The number of nitrogens with zero attached hydrogens (tertiary/aromatic N) is 2. The molecule has 1 heterocycles. The summed E-state index contributed by atoms with van der Waals surface area (Å²) >= 11 is 1.86. The van der Waals surface area contributed by atoms with Gasteiger partial charge in [0.05, 0.1) is 12.3 Å². The first-order valence-corrected chi connectivity index (χ1v) is 8.87. The van der Waals surface area contributed by atoms with Crippen LogP contribution in [0.2, 0.25) is 0 Å². The van der Waals surface area contributed by atoms with Crippen LogP contribution in [0.25, 0.3) is 0 Å². The first kappa shape index (κ1) is 16.7. The van der Waals surface area contributed by atoms with Gasteiger partial charge in [-0.05, 0) is 18.8 Å². The number of nitrogens with one attached hydrogen (secondary N) is 1. The lowest BCUT2D eigenvalue weighted by Crippen LogP contribution is -2.23. The van der Waals surface area contributed by atoms with Crippen molar-refractivity contribution in [1.82, 2.24) is 10.3 Å². The predicted octanol–water partition coefficient (Wildman–Crippen LogP) is 3.24. The highest BCUT2D eigenvalue weighted by molar-refractivity contribution is 7.15. The smallest absolute Gasteiger partial charge is 0.185 e. The highest BCUT2D eigenvalue weighted by Gasteiger charge is 2.30. The van der Waals surface area contributed by atoms with Gasteiger partial charge in [-0.25, -0.2) is 4.98 Å². The largest absolute Gasteiger partial charge is 0.383 e. The fourth-order valence-electron chi connectivity index (χ4n) is 2.37. The Labute approximate surface area is 132 Å². The first-order valence-electron chi connectivity index (χ1n) is 8.06. The number of methoxy groups -OCH3 is 1. The first-order chi connectivity index (χ1) is 10.2. The van der Waals surface area contributed by atoms with Crippen molar-refractivity contribution in [1.29, 1.82) is 0 Å². The van der Waals surface area contributed by atoms with Gasteiger partial charge >= 0.3 is 0 Å². The summed E-state index contributed by atoms with van der Waals surface area (Å²) < 4.78 is 5.09. The third-order valence-electron chi connectivity index (χ3n) is 4.06. The van der Waals surface area contributed by atoms with E-state index >= 15 is 0 Å². The summed E-state index contributed by atoms with van der Waals surface area (Å²) in [5.41, 5.74) is 1.34. The molecule has 1 N–H and O–H groups in total. The number of thiazole rings is 1. The molecule has 0 aromatic carbocycles. The third kappa shape index (κ3) is 4.94. The Bertz CT molecular complexity index is 431. The normalized spacial score (nSPS) is 16.2. The number of ether oxygens (including phenoxy) is 1. The van der Waals surface area contributed by atoms with Gasteiger partial charge in [0, 0.05) is 44.6 Å². The summed E-state index contributed by atoms with van der Waals surface area (Å²) in [5.74, 6) is 1.43. The van der Waals surface area contributed by atoms with Crippen molar-refractivity contribution >= 4 is 16.5 Å². The van der Waals surface area contributed by atoms with Crippen LogP contribution in [0.1, 0.15) is 49.6 Å². The average Bonchev–Trinajstić information content (AvgIpc) is 3.23. The summed E-state index contributed by atoms with van der Waals surface area (Å²) in [6.45, 7) is 8.23. The van der Waals surface area contributed by atoms with Gasteiger partial charge in [0.2, 0.25) is 0 Å². The molecule has 0 aliphatic heterocycles. The van der Waals surface area contributed by atoms with Crippen LogP contribution in [0, 0.1) is 5.92 Å². The average molecular weight is 311 g/mol. The molecule has 0 amide bonds. The van der Waals surface area contributed by atoms with E-state index in [2.05, 4.69) is 31.1 Å². The Morgan fingerprint density at radius 1 is 1.48 bits per heavy atom. The van der Waals surface area contributed by atoms with E-state index in [-0.39, 0.29) is 0 Å². The molecule has 1 aliphatic rings. The van der Waals surface area contributed by atoms with Gasteiger partial charge in [-0.1, -0.05) is 20.3 Å². The third-order valence-corrected chi connectivity index (χ3v) is 5.24. The van der Waals surface area contributed by atoms with Gasteiger partial charge in [-0.3, -0.25) is 0 Å². The highest BCUT2D eigenvalue weighted by Crippen LogP contribution is 2.44. The Kier molecular flexibility index (Phi) is 6.45. The summed E-state index contributed by atoms with van der Waals surface area (Å²) in [6.07, 6.45) is 3.84. The summed E-state index contributed by atoms with van der Waals surface area (Å²) in [6, 6.07) is 0. The summed E-state index contributed by atoms with van der Waals surface area (Å²) in [4.78, 5) is 8.67. The second-order valence-corrected chi connectivity index (χ2v) is 7.20. The quantitative estimate of drug-likeness (QED) is 0.673. The van der Waals surface area contributed by atoms with Crippen LogP contribution in [-0.4, -0.2) is 38.8 Å². The molecule has 1 saturated carbocycles. The summed E-state index contributed by atoms with van der Waals surface area (Å²) in [5, 5.41) is 4.64. The Balaban J connectivity index is 1.98. The standard InChI is InChI=1S/C16H29N3OS/c1-5-12(2)11-19(3)16-18-15(13-6-7-13)14(21-16)10-17-8-9-20-4/h12-13,17H,5-11H2,1-4H3. The molecule has 2 rings (SSSR count). The van der Waals surface area contributed by atoms with Crippen LogP contribution in [-0.2, 0) is 11.3 Å². The topological polar surface area (TPSA) is 37.4 Å². The van der Waals surface area contributed by atoms with E-state index in [4.69, 9.17) is 9.72 Å². The zero-order valence-electron chi connectivity index (χ0n) is 13.8. The molecule has 1 fully saturated rings. The molecule has 0 bridgehead atoms. The molecular formula is C16H29N3OS. The van der Waals surface area contributed by atoms with E-state index in [0.717, 1.165) is 26.2 Å². The zero-order chi connectivity index (χ0) is 15.2. The van der Waals surface area contributed by atoms with Gasteiger partial charge in [-0.2, -0.15) is 0 Å². The maximum Gasteiger partial charge on any atom is 0.185 e. The number of anilines is 1. The van der Waals surface area contributed by atoms with Gasteiger partial charge in [-0.15, -0.1) is 11.3 Å². The van der Waals surface area contributed by atoms with Crippen molar-refractivity contribution in [3.8, 4) is 0 Å². The van der Waals surface area contributed by atoms with Crippen molar-refractivity contribution in [2.45, 2.75) is 45.6 Å². The molecular weight excluding hydrogens is 282 g/mol. The van der Waals surface area contributed by atoms with E-state index in [0.29, 0.717) is 11.8 Å². The van der Waals surface area contributed by atoms with Crippen LogP contribution >= 0.6 is 11.3 Å². The summed E-state index contributed by atoms with van der Waals surface area (Å²) in [7, 11) is 3.91. The molecule has 120 valence electrons. The zero-order valence-corrected chi connectivity index (χ0v) is 14.6. The van der Waals surface area contributed by atoms with Crippen LogP contribution in [0.15, 0.2) is 0 Å².